The lowest BCUT2D eigenvalue weighted by Crippen LogP contribution is -2.56. The number of urea groups is 1. The van der Waals surface area contributed by atoms with E-state index in [4.69, 9.17) is 0 Å². The van der Waals surface area contributed by atoms with Crippen LogP contribution in [0.15, 0.2) is 30.3 Å². The summed E-state index contributed by atoms with van der Waals surface area (Å²) >= 11 is 0. The fraction of sp³-hybridized carbons (Fsp3) is 0.679. The van der Waals surface area contributed by atoms with Crippen molar-refractivity contribution in [2.24, 2.45) is 5.92 Å². The fourth-order valence-corrected chi connectivity index (χ4v) is 6.38. The van der Waals surface area contributed by atoms with Gasteiger partial charge < -0.3 is 15.1 Å². The summed E-state index contributed by atoms with van der Waals surface area (Å²) in [5, 5.41) is 3.14. The standard InChI is InChI=1S/C28H42N4O3/c1-3-17-28(26(34)32(27(35)29-28)21-16-24-12-8-18-30(24)2)23-14-19-31(20-15-23)25(33)13-7-11-22-9-5-4-6-10-22/h4-6,9-10,23-24H,3,7-8,11-21H2,1-2H3,(H,29,35). The van der Waals surface area contributed by atoms with Crippen LogP contribution in [0.2, 0.25) is 0 Å². The zero-order valence-corrected chi connectivity index (χ0v) is 21.5. The van der Waals surface area contributed by atoms with Gasteiger partial charge in [-0.15, -0.1) is 0 Å². The van der Waals surface area contributed by atoms with Crippen molar-refractivity contribution < 1.29 is 14.4 Å². The minimum Gasteiger partial charge on any atom is -0.343 e. The van der Waals surface area contributed by atoms with E-state index in [-0.39, 0.29) is 23.8 Å². The first-order valence-corrected chi connectivity index (χ1v) is 13.6. The van der Waals surface area contributed by atoms with Gasteiger partial charge in [-0.3, -0.25) is 14.5 Å². The van der Waals surface area contributed by atoms with Crippen LogP contribution in [0, 0.1) is 5.92 Å². The van der Waals surface area contributed by atoms with Crippen LogP contribution in [0.25, 0.3) is 0 Å². The smallest absolute Gasteiger partial charge is 0.325 e. The second kappa shape index (κ2) is 11.5. The van der Waals surface area contributed by atoms with Gasteiger partial charge in [0.1, 0.15) is 5.54 Å². The molecule has 0 spiro atoms. The molecule has 1 N–H and O–H groups in total. The lowest BCUT2D eigenvalue weighted by Gasteiger charge is -2.41. The summed E-state index contributed by atoms with van der Waals surface area (Å²) in [4.78, 5) is 45.2. The topological polar surface area (TPSA) is 73.0 Å². The summed E-state index contributed by atoms with van der Waals surface area (Å²) < 4.78 is 0. The molecule has 0 saturated carbocycles. The molecule has 0 bridgehead atoms. The van der Waals surface area contributed by atoms with E-state index in [0.717, 1.165) is 51.5 Å². The van der Waals surface area contributed by atoms with Crippen molar-refractivity contribution in [3.8, 4) is 0 Å². The molecule has 0 aliphatic carbocycles. The van der Waals surface area contributed by atoms with Gasteiger partial charge in [0.05, 0.1) is 0 Å². The van der Waals surface area contributed by atoms with E-state index in [2.05, 4.69) is 36.3 Å². The summed E-state index contributed by atoms with van der Waals surface area (Å²) in [7, 11) is 2.13. The third-order valence-corrected chi connectivity index (χ3v) is 8.45. The van der Waals surface area contributed by atoms with E-state index < -0.39 is 5.54 Å². The van der Waals surface area contributed by atoms with Gasteiger partial charge in [0, 0.05) is 32.1 Å². The number of amides is 4. The number of carbonyl (C=O) groups excluding carboxylic acids is 3. The van der Waals surface area contributed by atoms with Crippen LogP contribution in [-0.4, -0.2) is 77.4 Å². The quantitative estimate of drug-likeness (QED) is 0.515. The molecule has 3 aliphatic heterocycles. The minimum atomic E-state index is -0.810. The van der Waals surface area contributed by atoms with Gasteiger partial charge in [-0.05, 0) is 76.4 Å². The molecule has 192 valence electrons. The number of benzene rings is 1. The number of likely N-dealkylation sites (tertiary alicyclic amines) is 2. The van der Waals surface area contributed by atoms with Crippen LogP contribution in [0.4, 0.5) is 4.79 Å². The Kier molecular flexibility index (Phi) is 8.47. The second-order valence-electron chi connectivity index (χ2n) is 10.7. The molecule has 2 atom stereocenters. The summed E-state index contributed by atoms with van der Waals surface area (Å²) in [6.07, 6.45) is 8.50. The number of nitrogens with zero attached hydrogens (tertiary/aromatic N) is 3. The maximum Gasteiger partial charge on any atom is 0.325 e. The average molecular weight is 483 g/mol. The van der Waals surface area contributed by atoms with Crippen molar-refractivity contribution in [2.45, 2.75) is 82.7 Å². The summed E-state index contributed by atoms with van der Waals surface area (Å²) in [6, 6.07) is 10.5. The molecular weight excluding hydrogens is 440 g/mol. The minimum absolute atomic E-state index is 0.0439. The molecule has 7 nitrogen and oxygen atoms in total. The Bertz CT molecular complexity index is 883. The van der Waals surface area contributed by atoms with Crippen molar-refractivity contribution in [2.75, 3.05) is 33.2 Å². The molecule has 0 aromatic heterocycles. The normalized spacial score (nSPS) is 25.9. The zero-order chi connectivity index (χ0) is 24.8. The maximum absolute atomic E-state index is 13.7. The second-order valence-corrected chi connectivity index (χ2v) is 10.7. The van der Waals surface area contributed by atoms with E-state index in [0.29, 0.717) is 38.5 Å². The maximum atomic E-state index is 13.7. The molecule has 3 fully saturated rings. The van der Waals surface area contributed by atoms with E-state index in [1.165, 1.54) is 16.9 Å². The number of imide groups is 1. The van der Waals surface area contributed by atoms with Gasteiger partial charge >= 0.3 is 6.03 Å². The van der Waals surface area contributed by atoms with E-state index in [1.807, 2.05) is 23.1 Å². The van der Waals surface area contributed by atoms with Gasteiger partial charge in [0.15, 0.2) is 0 Å². The molecule has 1 aromatic rings. The van der Waals surface area contributed by atoms with Crippen LogP contribution in [-0.2, 0) is 16.0 Å². The predicted molar refractivity (Wildman–Crippen MR) is 137 cm³/mol. The fourth-order valence-electron chi connectivity index (χ4n) is 6.38. The molecule has 35 heavy (non-hydrogen) atoms. The molecule has 1 aromatic carbocycles. The molecule has 3 saturated heterocycles. The van der Waals surface area contributed by atoms with Gasteiger partial charge in [0.25, 0.3) is 5.91 Å². The molecule has 3 aliphatic rings. The first-order chi connectivity index (χ1) is 16.9. The Morgan fingerprint density at radius 2 is 1.83 bits per heavy atom. The Balaban J connectivity index is 1.30. The first-order valence-electron chi connectivity index (χ1n) is 13.6. The highest BCUT2D eigenvalue weighted by atomic mass is 16.2. The van der Waals surface area contributed by atoms with Crippen LogP contribution >= 0.6 is 0 Å². The molecule has 3 heterocycles. The van der Waals surface area contributed by atoms with E-state index in [9.17, 15) is 14.4 Å². The number of piperidine rings is 1. The molecule has 4 rings (SSSR count). The van der Waals surface area contributed by atoms with Crippen molar-refractivity contribution in [1.29, 1.82) is 0 Å². The highest BCUT2D eigenvalue weighted by molar-refractivity contribution is 6.07. The highest BCUT2D eigenvalue weighted by Crippen LogP contribution is 2.37. The van der Waals surface area contributed by atoms with Crippen LogP contribution in [0.1, 0.15) is 70.3 Å². The number of aryl methyl sites for hydroxylation is 1. The number of nitrogens with one attached hydrogen (secondary N) is 1. The lowest BCUT2D eigenvalue weighted by atomic mass is 9.74. The van der Waals surface area contributed by atoms with E-state index in [1.54, 1.807) is 0 Å². The third kappa shape index (κ3) is 5.71. The Morgan fingerprint density at radius 1 is 1.09 bits per heavy atom. The van der Waals surface area contributed by atoms with Gasteiger partial charge in [-0.2, -0.15) is 0 Å². The van der Waals surface area contributed by atoms with Crippen LogP contribution in [0.5, 0.6) is 0 Å². The number of hydrogen-bond donors (Lipinski definition) is 1. The van der Waals surface area contributed by atoms with Gasteiger partial charge in [-0.25, -0.2) is 4.79 Å². The largest absolute Gasteiger partial charge is 0.343 e. The molecule has 0 radical (unpaired) electrons. The summed E-state index contributed by atoms with van der Waals surface area (Å²) in [5.41, 5.74) is 0.454. The van der Waals surface area contributed by atoms with Crippen molar-refractivity contribution in [1.82, 2.24) is 20.0 Å². The van der Waals surface area contributed by atoms with Crippen molar-refractivity contribution in [3.05, 3.63) is 35.9 Å². The lowest BCUT2D eigenvalue weighted by molar-refractivity contribution is -0.136. The number of rotatable bonds is 10. The average Bonchev–Trinajstić information content (AvgIpc) is 3.38. The molecule has 2 unspecified atom stereocenters. The molecular formula is C28H42N4O3. The third-order valence-electron chi connectivity index (χ3n) is 8.45. The zero-order valence-electron chi connectivity index (χ0n) is 21.5. The molecule has 7 heteroatoms. The van der Waals surface area contributed by atoms with Gasteiger partial charge in [0.2, 0.25) is 5.91 Å². The Hall–Kier alpha value is -2.41. The van der Waals surface area contributed by atoms with Crippen LogP contribution < -0.4 is 5.32 Å². The van der Waals surface area contributed by atoms with Crippen molar-refractivity contribution >= 4 is 17.8 Å². The summed E-state index contributed by atoms with van der Waals surface area (Å²) in [6.45, 7) is 4.98. The van der Waals surface area contributed by atoms with Gasteiger partial charge in [-0.1, -0.05) is 43.7 Å². The first kappa shape index (κ1) is 25.7. The number of carbonyl (C=O) groups is 3. The monoisotopic (exact) mass is 482 g/mol. The SMILES string of the molecule is CCCC1(C2CCN(C(=O)CCCc3ccccc3)CC2)NC(=O)N(CCC2CCCN2C)C1=O. The van der Waals surface area contributed by atoms with Crippen LogP contribution in [0.3, 0.4) is 0 Å². The summed E-state index contributed by atoms with van der Waals surface area (Å²) in [5.74, 6) is 0.233. The highest BCUT2D eigenvalue weighted by Gasteiger charge is 2.55. The molecule has 4 amide bonds. The van der Waals surface area contributed by atoms with E-state index >= 15 is 0 Å². The van der Waals surface area contributed by atoms with Crippen molar-refractivity contribution in [3.63, 3.8) is 0 Å². The predicted octanol–water partition coefficient (Wildman–Crippen LogP) is 3.82. The Morgan fingerprint density at radius 3 is 2.49 bits per heavy atom. The number of hydrogen-bond acceptors (Lipinski definition) is 4. The Labute approximate surface area is 210 Å².